The van der Waals surface area contributed by atoms with Gasteiger partial charge in [0.15, 0.2) is 12.2 Å². The Morgan fingerprint density at radius 3 is 1.07 bits per heavy atom. The van der Waals surface area contributed by atoms with Crippen molar-refractivity contribution in [2.45, 2.75) is 24.4 Å². The third-order valence-corrected chi connectivity index (χ3v) is 1.50. The van der Waals surface area contributed by atoms with Crippen molar-refractivity contribution < 1.29 is 57.3 Å². The molecule has 0 bridgehead atoms. The van der Waals surface area contributed by atoms with Crippen LogP contribution in [0.4, 0.5) is 0 Å². The second-order valence-electron chi connectivity index (χ2n) is 2.55. The zero-order valence-corrected chi connectivity index (χ0v) is 8.27. The SMILES string of the molecule is O=C(O)[C@@H](O)[C@@H](O)[C@H](O)[C@@H](O)C(=O)O.[Fe]. The van der Waals surface area contributed by atoms with Crippen LogP contribution in [0.2, 0.25) is 0 Å². The van der Waals surface area contributed by atoms with E-state index in [0.717, 1.165) is 0 Å². The van der Waals surface area contributed by atoms with Crippen molar-refractivity contribution in [1.29, 1.82) is 0 Å². The fourth-order valence-electron chi connectivity index (χ4n) is 0.666. The Hall–Kier alpha value is -0.701. The van der Waals surface area contributed by atoms with E-state index in [0.29, 0.717) is 0 Å². The van der Waals surface area contributed by atoms with Gasteiger partial charge in [0.1, 0.15) is 12.2 Å². The van der Waals surface area contributed by atoms with E-state index in [9.17, 15) is 9.59 Å². The molecular formula is C6H10FeO8. The number of aliphatic hydroxyl groups is 4. The van der Waals surface area contributed by atoms with E-state index in [-0.39, 0.29) is 17.1 Å². The fourth-order valence-corrected chi connectivity index (χ4v) is 0.666. The first-order valence-electron chi connectivity index (χ1n) is 3.47. The molecule has 0 aromatic carbocycles. The molecule has 90 valence electrons. The molecule has 8 nitrogen and oxygen atoms in total. The van der Waals surface area contributed by atoms with E-state index in [1.165, 1.54) is 0 Å². The first-order valence-corrected chi connectivity index (χ1v) is 3.47. The molecule has 0 rings (SSSR count). The van der Waals surface area contributed by atoms with E-state index in [1.807, 2.05) is 0 Å². The van der Waals surface area contributed by atoms with Crippen LogP contribution < -0.4 is 0 Å². The molecule has 0 aliphatic heterocycles. The van der Waals surface area contributed by atoms with Crippen LogP contribution in [0, 0.1) is 0 Å². The number of aliphatic carboxylic acids is 2. The van der Waals surface area contributed by atoms with Gasteiger partial charge in [-0.3, -0.25) is 0 Å². The van der Waals surface area contributed by atoms with Crippen LogP contribution in [0.1, 0.15) is 0 Å². The molecule has 0 aromatic rings. The van der Waals surface area contributed by atoms with Crippen molar-refractivity contribution in [3.63, 3.8) is 0 Å². The van der Waals surface area contributed by atoms with Crippen LogP contribution in [0.25, 0.3) is 0 Å². The van der Waals surface area contributed by atoms with Crippen molar-refractivity contribution in [2.75, 3.05) is 0 Å². The molecule has 0 aromatic heterocycles. The van der Waals surface area contributed by atoms with Crippen LogP contribution in [-0.4, -0.2) is 67.0 Å². The smallest absolute Gasteiger partial charge is 0.335 e. The molecule has 0 aliphatic rings. The van der Waals surface area contributed by atoms with Crippen LogP contribution in [0.15, 0.2) is 0 Å². The summed E-state index contributed by atoms with van der Waals surface area (Å²) in [4.78, 5) is 20.2. The summed E-state index contributed by atoms with van der Waals surface area (Å²) in [6, 6.07) is 0. The third-order valence-electron chi connectivity index (χ3n) is 1.50. The summed E-state index contributed by atoms with van der Waals surface area (Å²) in [5.41, 5.74) is 0. The molecule has 0 radical (unpaired) electrons. The van der Waals surface area contributed by atoms with Gasteiger partial charge in [0.25, 0.3) is 0 Å². The predicted octanol–water partition coefficient (Wildman–Crippen LogP) is -3.40. The molecule has 0 fully saturated rings. The van der Waals surface area contributed by atoms with Crippen LogP contribution in [0.3, 0.4) is 0 Å². The van der Waals surface area contributed by atoms with Gasteiger partial charge >= 0.3 is 11.9 Å². The molecule has 0 amide bonds. The van der Waals surface area contributed by atoms with Gasteiger partial charge in [-0.1, -0.05) is 0 Å². The van der Waals surface area contributed by atoms with Crippen molar-refractivity contribution in [3.05, 3.63) is 0 Å². The van der Waals surface area contributed by atoms with Gasteiger partial charge in [-0.25, -0.2) is 9.59 Å². The second kappa shape index (κ2) is 6.72. The molecule has 4 atom stereocenters. The van der Waals surface area contributed by atoms with Crippen molar-refractivity contribution in [3.8, 4) is 0 Å². The van der Waals surface area contributed by atoms with Gasteiger partial charge in [-0.05, 0) is 0 Å². The summed E-state index contributed by atoms with van der Waals surface area (Å²) in [6.07, 6.45) is -9.28. The number of carboxylic acids is 2. The molecule has 0 saturated heterocycles. The predicted molar refractivity (Wildman–Crippen MR) is 39.3 cm³/mol. The van der Waals surface area contributed by atoms with E-state index >= 15 is 0 Å². The second-order valence-corrected chi connectivity index (χ2v) is 2.55. The minimum absolute atomic E-state index is 0. The Morgan fingerprint density at radius 1 is 0.733 bits per heavy atom. The maximum absolute atomic E-state index is 10.1. The molecule has 15 heavy (non-hydrogen) atoms. The number of hydrogen-bond acceptors (Lipinski definition) is 6. The van der Waals surface area contributed by atoms with Gasteiger partial charge in [-0.15, -0.1) is 0 Å². The summed E-state index contributed by atoms with van der Waals surface area (Å²) in [5.74, 6) is -3.68. The topological polar surface area (TPSA) is 156 Å². The summed E-state index contributed by atoms with van der Waals surface area (Å²) in [6.45, 7) is 0. The average molecular weight is 266 g/mol. The fraction of sp³-hybridized carbons (Fsp3) is 0.667. The molecule has 0 unspecified atom stereocenters. The number of rotatable bonds is 5. The molecule has 6 N–H and O–H groups in total. The quantitative estimate of drug-likeness (QED) is 0.281. The van der Waals surface area contributed by atoms with Gasteiger partial charge in [0.2, 0.25) is 0 Å². The first-order chi connectivity index (χ1) is 6.29. The van der Waals surface area contributed by atoms with Crippen molar-refractivity contribution in [1.82, 2.24) is 0 Å². The summed E-state index contributed by atoms with van der Waals surface area (Å²) in [7, 11) is 0. The zero-order chi connectivity index (χ0) is 11.5. The molecule has 9 heteroatoms. The Bertz CT molecular complexity index is 207. The van der Waals surface area contributed by atoms with Crippen LogP contribution in [0.5, 0.6) is 0 Å². The van der Waals surface area contributed by atoms with Gasteiger partial charge in [0.05, 0.1) is 0 Å². The monoisotopic (exact) mass is 266 g/mol. The summed E-state index contributed by atoms with van der Waals surface area (Å²) in [5, 5.41) is 51.5. The Labute approximate surface area is 94.2 Å². The number of hydrogen-bond donors (Lipinski definition) is 6. The summed E-state index contributed by atoms with van der Waals surface area (Å²) >= 11 is 0. The molecule has 0 aliphatic carbocycles. The Balaban J connectivity index is 0. The van der Waals surface area contributed by atoms with Crippen LogP contribution >= 0.6 is 0 Å². The minimum Gasteiger partial charge on any atom is -0.479 e. The van der Waals surface area contributed by atoms with Crippen molar-refractivity contribution in [2.24, 2.45) is 0 Å². The molecular weight excluding hydrogens is 256 g/mol. The molecule has 0 saturated carbocycles. The van der Waals surface area contributed by atoms with Crippen LogP contribution in [-0.2, 0) is 26.7 Å². The van der Waals surface area contributed by atoms with E-state index < -0.39 is 36.4 Å². The van der Waals surface area contributed by atoms with Crippen molar-refractivity contribution >= 4 is 11.9 Å². The third kappa shape index (κ3) is 4.56. The van der Waals surface area contributed by atoms with E-state index in [4.69, 9.17) is 30.6 Å². The van der Waals surface area contributed by atoms with Gasteiger partial charge < -0.3 is 30.6 Å². The Kier molecular flexibility index (Phi) is 7.49. The molecule has 0 spiro atoms. The number of carbonyl (C=O) groups is 2. The maximum Gasteiger partial charge on any atom is 0.335 e. The average Bonchev–Trinajstić information content (AvgIpc) is 2.12. The normalized spacial score (nSPS) is 18.1. The minimum atomic E-state index is -2.36. The van der Waals surface area contributed by atoms with Gasteiger partial charge in [0, 0.05) is 17.1 Å². The van der Waals surface area contributed by atoms with Gasteiger partial charge in [-0.2, -0.15) is 0 Å². The number of carboxylic acid groups (broad SMARTS) is 2. The Morgan fingerprint density at radius 2 is 0.933 bits per heavy atom. The standard InChI is InChI=1S/C6H10O8.Fe/c7-1(3(9)5(11)12)2(8)4(10)6(13)14;/h1-4,7-10H,(H,11,12)(H,13,14);/t1-,2-,3-,4+;/m0./s1. The van der Waals surface area contributed by atoms with E-state index in [1.54, 1.807) is 0 Å². The largest absolute Gasteiger partial charge is 0.479 e. The summed E-state index contributed by atoms with van der Waals surface area (Å²) < 4.78 is 0. The molecule has 0 heterocycles. The van der Waals surface area contributed by atoms with E-state index in [2.05, 4.69) is 0 Å². The maximum atomic E-state index is 10.1. The first kappa shape index (κ1) is 16.7. The zero-order valence-electron chi connectivity index (χ0n) is 7.16. The number of aliphatic hydroxyl groups excluding tert-OH is 4.